The summed E-state index contributed by atoms with van der Waals surface area (Å²) < 4.78 is 16.6. The van der Waals surface area contributed by atoms with E-state index in [1.54, 1.807) is 37.6 Å². The van der Waals surface area contributed by atoms with Crippen molar-refractivity contribution in [1.29, 1.82) is 0 Å². The second kappa shape index (κ2) is 13.3. The lowest BCUT2D eigenvalue weighted by Gasteiger charge is -2.31. The van der Waals surface area contributed by atoms with Crippen molar-refractivity contribution in [3.05, 3.63) is 96.3 Å². The van der Waals surface area contributed by atoms with Crippen molar-refractivity contribution in [2.75, 3.05) is 13.7 Å². The number of methoxy groups -OCH3 is 1. The molecule has 0 bridgehead atoms. The van der Waals surface area contributed by atoms with Crippen LogP contribution < -0.4 is 14.2 Å². The number of hydrogen-bond donors (Lipinski definition) is 2. The number of H-pyrrole nitrogens is 1. The Morgan fingerprint density at radius 2 is 1.57 bits per heavy atom. The topological polar surface area (TPSA) is 114 Å². The van der Waals surface area contributed by atoms with E-state index in [9.17, 15) is 14.7 Å². The number of aliphatic carboxylic acids is 1. The van der Waals surface area contributed by atoms with E-state index >= 15 is 0 Å². The van der Waals surface area contributed by atoms with Gasteiger partial charge in [-0.25, -0.2) is 9.78 Å². The summed E-state index contributed by atoms with van der Waals surface area (Å²) in [4.78, 5) is 33.9. The zero-order chi connectivity index (χ0) is 28.5. The van der Waals surface area contributed by atoms with E-state index in [1.165, 1.54) is 4.90 Å². The van der Waals surface area contributed by atoms with Gasteiger partial charge in [-0.3, -0.25) is 9.69 Å². The molecular weight excluding hydrogens is 510 g/mol. The van der Waals surface area contributed by atoms with E-state index in [0.29, 0.717) is 30.3 Å². The first-order valence-electron chi connectivity index (χ1n) is 13.0. The molecule has 1 heterocycles. The van der Waals surface area contributed by atoms with Crippen LogP contribution in [0.1, 0.15) is 37.6 Å². The number of ether oxygens (including phenoxy) is 3. The molecule has 1 atom stereocenters. The zero-order valence-electron chi connectivity index (χ0n) is 22.7. The molecule has 40 heavy (non-hydrogen) atoms. The van der Waals surface area contributed by atoms with Crippen molar-refractivity contribution in [3.63, 3.8) is 0 Å². The maximum atomic E-state index is 13.2. The lowest BCUT2D eigenvalue weighted by atomic mass is 9.95. The molecule has 0 saturated heterocycles. The predicted octanol–water partition coefficient (Wildman–Crippen LogP) is 6.34. The van der Waals surface area contributed by atoms with E-state index in [0.717, 1.165) is 22.6 Å². The van der Waals surface area contributed by atoms with Crippen LogP contribution in [0.15, 0.2) is 85.1 Å². The third-order valence-electron chi connectivity index (χ3n) is 6.21. The number of rotatable bonds is 12. The van der Waals surface area contributed by atoms with E-state index in [2.05, 4.69) is 9.97 Å². The van der Waals surface area contributed by atoms with Crippen LogP contribution >= 0.6 is 0 Å². The Balaban J connectivity index is 1.47. The molecule has 9 nitrogen and oxygen atoms in total. The van der Waals surface area contributed by atoms with Gasteiger partial charge in [-0.15, -0.1) is 0 Å². The molecule has 3 aromatic carbocycles. The summed E-state index contributed by atoms with van der Waals surface area (Å²) in [5, 5.41) is 9.60. The Labute approximate surface area is 233 Å². The molecule has 0 aliphatic heterocycles. The monoisotopic (exact) mass is 543 g/mol. The molecule has 0 radical (unpaired) electrons. The maximum absolute atomic E-state index is 13.2. The molecule has 1 unspecified atom stereocenters. The normalized spacial score (nSPS) is 11.6. The van der Waals surface area contributed by atoms with Crippen LogP contribution in [0.4, 0.5) is 4.79 Å². The number of hydrogen-bond acceptors (Lipinski definition) is 6. The molecule has 9 heteroatoms. The molecule has 0 aliphatic rings. The number of imidazole rings is 1. The van der Waals surface area contributed by atoms with Gasteiger partial charge in [0.2, 0.25) is 0 Å². The van der Waals surface area contributed by atoms with Crippen LogP contribution in [0.3, 0.4) is 0 Å². The van der Waals surface area contributed by atoms with Crippen LogP contribution in [0, 0.1) is 5.92 Å². The molecule has 0 spiro atoms. The Morgan fingerprint density at radius 3 is 2.20 bits per heavy atom. The number of carboxylic acids is 1. The molecular formula is C31H33N3O6. The lowest BCUT2D eigenvalue weighted by molar-refractivity contribution is -0.138. The van der Waals surface area contributed by atoms with E-state index in [4.69, 9.17) is 14.2 Å². The maximum Gasteiger partial charge on any atom is 0.416 e. The fourth-order valence-corrected chi connectivity index (χ4v) is 4.26. The Bertz CT molecular complexity index is 1380. The average molecular weight is 544 g/mol. The lowest BCUT2D eigenvalue weighted by Crippen LogP contribution is -2.41. The highest BCUT2D eigenvalue weighted by atomic mass is 16.6. The van der Waals surface area contributed by atoms with Gasteiger partial charge in [0.1, 0.15) is 36.2 Å². The van der Waals surface area contributed by atoms with Crippen LogP contribution in [-0.2, 0) is 11.4 Å². The van der Waals surface area contributed by atoms with Gasteiger partial charge < -0.3 is 24.3 Å². The van der Waals surface area contributed by atoms with E-state index < -0.39 is 24.6 Å². The van der Waals surface area contributed by atoms with Gasteiger partial charge in [-0.2, -0.15) is 0 Å². The summed E-state index contributed by atoms with van der Waals surface area (Å²) in [6.07, 6.45) is 1.54. The number of aromatic amines is 1. The number of benzene rings is 3. The van der Waals surface area contributed by atoms with Gasteiger partial charge in [0.05, 0.1) is 25.0 Å². The third-order valence-corrected chi connectivity index (χ3v) is 6.21. The molecule has 1 amide bonds. The van der Waals surface area contributed by atoms with Crippen LogP contribution in [-0.4, -0.2) is 45.7 Å². The molecule has 0 saturated carbocycles. The predicted molar refractivity (Wildman–Crippen MR) is 150 cm³/mol. The quantitative estimate of drug-likeness (QED) is 0.214. The minimum atomic E-state index is -1.13. The van der Waals surface area contributed by atoms with Crippen LogP contribution in [0.2, 0.25) is 0 Å². The van der Waals surface area contributed by atoms with Crippen molar-refractivity contribution in [1.82, 2.24) is 14.9 Å². The molecule has 0 aliphatic carbocycles. The highest BCUT2D eigenvalue weighted by Gasteiger charge is 2.29. The summed E-state index contributed by atoms with van der Waals surface area (Å²) in [5.41, 5.74) is 2.60. The first kappa shape index (κ1) is 28.2. The average Bonchev–Trinajstić information content (AvgIpc) is 3.44. The second-order valence-corrected chi connectivity index (χ2v) is 9.69. The number of carbonyl (C=O) groups excluding carboxylic acids is 1. The fourth-order valence-electron chi connectivity index (χ4n) is 4.26. The highest BCUT2D eigenvalue weighted by molar-refractivity contribution is 5.78. The van der Waals surface area contributed by atoms with Crippen LogP contribution in [0.5, 0.6) is 17.2 Å². The number of nitrogens with zero attached hydrogens (tertiary/aromatic N) is 2. The minimum Gasteiger partial charge on any atom is -0.497 e. The zero-order valence-corrected chi connectivity index (χ0v) is 22.7. The third kappa shape index (κ3) is 7.63. The van der Waals surface area contributed by atoms with Gasteiger partial charge in [0, 0.05) is 5.56 Å². The van der Waals surface area contributed by atoms with Crippen LogP contribution in [0.25, 0.3) is 11.4 Å². The van der Waals surface area contributed by atoms with Crippen molar-refractivity contribution >= 4 is 12.1 Å². The van der Waals surface area contributed by atoms with Crippen molar-refractivity contribution in [2.24, 2.45) is 5.92 Å². The molecule has 208 valence electrons. The fraction of sp³-hybridized carbons (Fsp3) is 0.258. The number of carboxylic acid groups (broad SMARTS) is 1. The van der Waals surface area contributed by atoms with Crippen molar-refractivity contribution in [2.45, 2.75) is 32.9 Å². The Morgan fingerprint density at radius 1 is 0.925 bits per heavy atom. The summed E-state index contributed by atoms with van der Waals surface area (Å²) >= 11 is 0. The Kier molecular flexibility index (Phi) is 9.40. The van der Waals surface area contributed by atoms with Crippen molar-refractivity contribution < 1.29 is 28.9 Å². The standard InChI is InChI=1S/C31H33N3O6/c1-21(2)17-28(34(19-29(35)36)31(37)40-27-15-13-25(38-3)14-16-27)22-9-11-26(12-10-22)39-20-24-18-32-30(33-24)23-7-5-4-6-8-23/h4-16,18,21,28H,17,19-20H2,1-3H3,(H,32,33)(H,35,36). The van der Waals surface area contributed by atoms with Gasteiger partial charge in [-0.1, -0.05) is 56.3 Å². The number of carbonyl (C=O) groups is 2. The summed E-state index contributed by atoms with van der Waals surface area (Å²) in [7, 11) is 1.54. The molecule has 4 rings (SSSR count). The SMILES string of the molecule is COc1ccc(OC(=O)N(CC(=O)O)C(CC(C)C)c2ccc(OCc3cnc(-c4ccccc4)[nH]3)cc2)cc1. The summed E-state index contributed by atoms with van der Waals surface area (Å²) in [6.45, 7) is 3.83. The summed E-state index contributed by atoms with van der Waals surface area (Å²) in [5.74, 6) is 1.37. The molecule has 2 N–H and O–H groups in total. The Hall–Kier alpha value is -4.79. The molecule has 1 aromatic heterocycles. The van der Waals surface area contributed by atoms with Gasteiger partial charge in [-0.05, 0) is 54.3 Å². The minimum absolute atomic E-state index is 0.185. The van der Waals surface area contributed by atoms with Gasteiger partial charge in [0.15, 0.2) is 0 Å². The molecule has 0 fully saturated rings. The van der Waals surface area contributed by atoms with E-state index in [-0.39, 0.29) is 5.92 Å². The van der Waals surface area contributed by atoms with Crippen molar-refractivity contribution in [3.8, 4) is 28.6 Å². The number of amides is 1. The number of nitrogens with one attached hydrogen (secondary N) is 1. The van der Waals surface area contributed by atoms with E-state index in [1.807, 2.05) is 68.4 Å². The highest BCUT2D eigenvalue weighted by Crippen LogP contribution is 2.31. The smallest absolute Gasteiger partial charge is 0.416 e. The first-order chi connectivity index (χ1) is 19.3. The largest absolute Gasteiger partial charge is 0.497 e. The second-order valence-electron chi connectivity index (χ2n) is 9.69. The van der Waals surface area contributed by atoms with Gasteiger partial charge in [0.25, 0.3) is 0 Å². The molecule has 4 aromatic rings. The number of aromatic nitrogens is 2. The summed E-state index contributed by atoms with van der Waals surface area (Å²) in [6, 6.07) is 23.2. The first-order valence-corrected chi connectivity index (χ1v) is 13.0. The van der Waals surface area contributed by atoms with Gasteiger partial charge >= 0.3 is 12.1 Å².